The molecule has 1 aliphatic heterocycles. The normalized spacial score (nSPS) is 16.9. The van der Waals surface area contributed by atoms with Gasteiger partial charge >= 0.3 is 0 Å². The van der Waals surface area contributed by atoms with Crippen molar-refractivity contribution in [2.75, 3.05) is 39.8 Å². The first-order valence-corrected chi connectivity index (χ1v) is 5.37. The zero-order chi connectivity index (χ0) is 10.6. The number of hydrogen-bond acceptors (Lipinski definition) is 3. The van der Waals surface area contributed by atoms with Gasteiger partial charge in [-0.05, 0) is 13.5 Å². The number of likely N-dealkylation sites (N-methyl/N-ethyl adjacent to an activating group) is 2. The van der Waals surface area contributed by atoms with Crippen LogP contribution < -0.4 is 5.32 Å². The first-order valence-electron chi connectivity index (χ1n) is 5.37. The average molecular weight is 199 g/mol. The zero-order valence-corrected chi connectivity index (χ0v) is 9.42. The lowest BCUT2D eigenvalue weighted by molar-refractivity contribution is -0.131. The topological polar surface area (TPSA) is 35.6 Å². The smallest absolute Gasteiger partial charge is 0.236 e. The predicted molar refractivity (Wildman–Crippen MR) is 57.2 cm³/mol. The minimum Gasteiger partial charge on any atom is -0.345 e. The van der Waals surface area contributed by atoms with Crippen molar-refractivity contribution < 1.29 is 4.79 Å². The minimum absolute atomic E-state index is 0.223. The highest BCUT2D eigenvalue weighted by Gasteiger charge is 2.25. The standard InChI is InChI=1S/C10H21N3O/c1-4-12(3)10(14)8-13(5-2)9-6-11-7-9/h9,11H,4-8H2,1-3H3. The number of nitrogens with one attached hydrogen (secondary N) is 1. The third kappa shape index (κ3) is 2.69. The van der Waals surface area contributed by atoms with E-state index in [0.717, 1.165) is 26.2 Å². The summed E-state index contributed by atoms with van der Waals surface area (Å²) in [7, 11) is 1.86. The van der Waals surface area contributed by atoms with Crippen LogP contribution in [0.15, 0.2) is 0 Å². The third-order valence-electron chi connectivity index (χ3n) is 2.92. The minimum atomic E-state index is 0.223. The van der Waals surface area contributed by atoms with Gasteiger partial charge in [0.05, 0.1) is 6.54 Å². The first-order chi connectivity index (χ1) is 6.69. The van der Waals surface area contributed by atoms with Crippen molar-refractivity contribution in [3.63, 3.8) is 0 Å². The quantitative estimate of drug-likeness (QED) is 0.664. The monoisotopic (exact) mass is 199 g/mol. The Bertz CT molecular complexity index is 192. The molecule has 0 spiro atoms. The van der Waals surface area contributed by atoms with Crippen molar-refractivity contribution in [3.05, 3.63) is 0 Å². The molecule has 0 aromatic carbocycles. The van der Waals surface area contributed by atoms with E-state index in [1.165, 1.54) is 0 Å². The molecule has 0 bridgehead atoms. The third-order valence-corrected chi connectivity index (χ3v) is 2.92. The van der Waals surface area contributed by atoms with Gasteiger partial charge in [0.2, 0.25) is 5.91 Å². The summed E-state index contributed by atoms with van der Waals surface area (Å²) >= 11 is 0. The summed E-state index contributed by atoms with van der Waals surface area (Å²) in [6.45, 7) is 8.46. The predicted octanol–water partition coefficient (Wildman–Crippen LogP) is -0.242. The molecule has 1 N–H and O–H groups in total. The number of nitrogens with zero attached hydrogens (tertiary/aromatic N) is 2. The maximum atomic E-state index is 11.7. The van der Waals surface area contributed by atoms with Gasteiger partial charge in [-0.1, -0.05) is 6.92 Å². The van der Waals surface area contributed by atoms with Crippen molar-refractivity contribution in [1.29, 1.82) is 0 Å². The largest absolute Gasteiger partial charge is 0.345 e. The molecule has 1 amide bonds. The summed E-state index contributed by atoms with van der Waals surface area (Å²) in [4.78, 5) is 15.7. The average Bonchev–Trinajstić information content (AvgIpc) is 2.12. The molecule has 82 valence electrons. The van der Waals surface area contributed by atoms with Crippen LogP contribution in [0.1, 0.15) is 13.8 Å². The van der Waals surface area contributed by atoms with Crippen LogP contribution in [0.2, 0.25) is 0 Å². The second-order valence-electron chi connectivity index (χ2n) is 3.78. The number of carbonyl (C=O) groups excluding carboxylic acids is 1. The highest BCUT2D eigenvalue weighted by atomic mass is 16.2. The van der Waals surface area contributed by atoms with Crippen molar-refractivity contribution in [2.24, 2.45) is 0 Å². The Kier molecular flexibility index (Phi) is 4.35. The van der Waals surface area contributed by atoms with Crippen LogP contribution in [0.25, 0.3) is 0 Å². The molecule has 0 unspecified atom stereocenters. The van der Waals surface area contributed by atoms with Gasteiger partial charge in [0.25, 0.3) is 0 Å². The molecule has 4 heteroatoms. The van der Waals surface area contributed by atoms with Crippen LogP contribution >= 0.6 is 0 Å². The van der Waals surface area contributed by atoms with Crippen LogP contribution in [-0.4, -0.2) is 61.5 Å². The Morgan fingerprint density at radius 1 is 1.36 bits per heavy atom. The van der Waals surface area contributed by atoms with E-state index in [9.17, 15) is 4.79 Å². The second-order valence-corrected chi connectivity index (χ2v) is 3.78. The highest BCUT2D eigenvalue weighted by Crippen LogP contribution is 2.04. The Labute approximate surface area is 86.2 Å². The lowest BCUT2D eigenvalue weighted by Gasteiger charge is -2.37. The summed E-state index contributed by atoms with van der Waals surface area (Å²) < 4.78 is 0. The number of amides is 1. The van der Waals surface area contributed by atoms with Crippen LogP contribution in [0, 0.1) is 0 Å². The lowest BCUT2D eigenvalue weighted by Crippen LogP contribution is -2.58. The van der Waals surface area contributed by atoms with Crippen LogP contribution in [0.3, 0.4) is 0 Å². The van der Waals surface area contributed by atoms with Gasteiger partial charge in [-0.3, -0.25) is 9.69 Å². The van der Waals surface area contributed by atoms with E-state index in [-0.39, 0.29) is 5.91 Å². The van der Waals surface area contributed by atoms with Gasteiger partial charge in [-0.2, -0.15) is 0 Å². The fraction of sp³-hybridized carbons (Fsp3) is 0.900. The SMILES string of the molecule is CCN(C)C(=O)CN(CC)C1CNC1. The molecule has 0 radical (unpaired) electrons. The van der Waals surface area contributed by atoms with E-state index in [1.54, 1.807) is 4.90 Å². The van der Waals surface area contributed by atoms with Gasteiger partial charge in [-0.15, -0.1) is 0 Å². The fourth-order valence-electron chi connectivity index (χ4n) is 1.50. The van der Waals surface area contributed by atoms with Crippen molar-refractivity contribution in [1.82, 2.24) is 15.1 Å². The van der Waals surface area contributed by atoms with Crippen molar-refractivity contribution >= 4 is 5.91 Å². The van der Waals surface area contributed by atoms with Crippen LogP contribution in [0.4, 0.5) is 0 Å². The Hall–Kier alpha value is -0.610. The maximum Gasteiger partial charge on any atom is 0.236 e. The Morgan fingerprint density at radius 2 is 2.00 bits per heavy atom. The molecule has 1 fully saturated rings. The Morgan fingerprint density at radius 3 is 2.36 bits per heavy atom. The fourth-order valence-corrected chi connectivity index (χ4v) is 1.50. The summed E-state index contributed by atoms with van der Waals surface area (Å²) in [5, 5.41) is 3.23. The number of hydrogen-bond donors (Lipinski definition) is 1. The second kappa shape index (κ2) is 5.32. The molecule has 1 saturated heterocycles. The summed E-state index contributed by atoms with van der Waals surface area (Å²) in [6, 6.07) is 0.564. The van der Waals surface area contributed by atoms with E-state index in [2.05, 4.69) is 17.1 Å². The van der Waals surface area contributed by atoms with Gasteiger partial charge in [0, 0.05) is 32.7 Å². The first kappa shape index (κ1) is 11.5. The van der Waals surface area contributed by atoms with E-state index in [1.807, 2.05) is 14.0 Å². The van der Waals surface area contributed by atoms with Crippen LogP contribution in [0.5, 0.6) is 0 Å². The molecule has 4 nitrogen and oxygen atoms in total. The van der Waals surface area contributed by atoms with Gasteiger partial charge in [0.1, 0.15) is 0 Å². The molecule has 0 aromatic rings. The highest BCUT2D eigenvalue weighted by molar-refractivity contribution is 5.78. The molecule has 14 heavy (non-hydrogen) atoms. The van der Waals surface area contributed by atoms with E-state index in [4.69, 9.17) is 0 Å². The van der Waals surface area contributed by atoms with Crippen molar-refractivity contribution in [2.45, 2.75) is 19.9 Å². The Balaban J connectivity index is 2.35. The molecule has 0 saturated carbocycles. The molecule has 1 aliphatic rings. The molecule has 0 aliphatic carbocycles. The lowest BCUT2D eigenvalue weighted by atomic mass is 10.1. The van der Waals surface area contributed by atoms with E-state index < -0.39 is 0 Å². The molecular formula is C10H21N3O. The molecule has 1 heterocycles. The molecule has 1 rings (SSSR count). The van der Waals surface area contributed by atoms with Gasteiger partial charge in [0.15, 0.2) is 0 Å². The number of rotatable bonds is 5. The van der Waals surface area contributed by atoms with Crippen molar-refractivity contribution in [3.8, 4) is 0 Å². The molecule has 0 aromatic heterocycles. The molecule has 0 atom stereocenters. The van der Waals surface area contributed by atoms with Gasteiger partial charge in [-0.25, -0.2) is 0 Å². The summed E-state index contributed by atoms with van der Waals surface area (Å²) in [6.07, 6.45) is 0. The van der Waals surface area contributed by atoms with Gasteiger partial charge < -0.3 is 10.2 Å². The molecular weight excluding hydrogens is 178 g/mol. The summed E-state index contributed by atoms with van der Waals surface area (Å²) in [5.41, 5.74) is 0. The number of carbonyl (C=O) groups is 1. The van der Waals surface area contributed by atoms with E-state index >= 15 is 0 Å². The zero-order valence-electron chi connectivity index (χ0n) is 9.42. The summed E-state index contributed by atoms with van der Waals surface area (Å²) in [5.74, 6) is 0.223. The van der Waals surface area contributed by atoms with E-state index in [0.29, 0.717) is 12.6 Å². The van der Waals surface area contributed by atoms with Crippen LogP contribution in [-0.2, 0) is 4.79 Å². The maximum absolute atomic E-state index is 11.7.